The van der Waals surface area contributed by atoms with E-state index in [4.69, 9.17) is 16.3 Å². The molecular formula is C16H20Cl2N4O2. The molecule has 0 spiro atoms. The van der Waals surface area contributed by atoms with Gasteiger partial charge in [-0.15, -0.1) is 12.4 Å². The standard InChI is InChI=1S/C16H19ClN4O2.ClH/c1-23-14(10-3-2-4-11(17)7-10)9-19-16(22)15-12-8-18-6-5-13(12)20-21-15;/h2-4,7,14,18H,5-6,8-9H2,1H3,(H,19,22)(H,20,21);1H. The van der Waals surface area contributed by atoms with Crippen molar-refractivity contribution in [1.29, 1.82) is 0 Å². The zero-order valence-corrected chi connectivity index (χ0v) is 14.8. The van der Waals surface area contributed by atoms with Gasteiger partial charge in [0.2, 0.25) is 0 Å². The molecule has 1 amide bonds. The Bertz CT molecular complexity index is 705. The molecule has 0 fully saturated rings. The second-order valence-corrected chi connectivity index (χ2v) is 5.88. The van der Waals surface area contributed by atoms with Crippen molar-refractivity contribution in [2.24, 2.45) is 0 Å². The Morgan fingerprint density at radius 1 is 1.50 bits per heavy atom. The monoisotopic (exact) mass is 370 g/mol. The fourth-order valence-corrected chi connectivity index (χ4v) is 2.93. The molecule has 0 saturated carbocycles. The molecule has 1 aliphatic heterocycles. The Labute approximate surface area is 151 Å². The van der Waals surface area contributed by atoms with Crippen LogP contribution in [0.1, 0.15) is 33.4 Å². The number of ether oxygens (including phenoxy) is 1. The summed E-state index contributed by atoms with van der Waals surface area (Å²) in [5, 5.41) is 13.9. The van der Waals surface area contributed by atoms with Crippen molar-refractivity contribution < 1.29 is 9.53 Å². The third-order valence-corrected chi connectivity index (χ3v) is 4.21. The van der Waals surface area contributed by atoms with E-state index in [1.807, 2.05) is 18.2 Å². The highest BCUT2D eigenvalue weighted by Crippen LogP contribution is 2.20. The van der Waals surface area contributed by atoms with Crippen LogP contribution < -0.4 is 10.6 Å². The molecule has 1 aromatic heterocycles. The molecule has 3 rings (SSSR count). The quantitative estimate of drug-likeness (QED) is 0.753. The number of aromatic nitrogens is 2. The number of methoxy groups -OCH3 is 1. The van der Waals surface area contributed by atoms with E-state index in [0.717, 1.165) is 29.8 Å². The maximum Gasteiger partial charge on any atom is 0.272 e. The summed E-state index contributed by atoms with van der Waals surface area (Å²) >= 11 is 6.01. The molecule has 1 unspecified atom stereocenters. The second-order valence-electron chi connectivity index (χ2n) is 5.45. The van der Waals surface area contributed by atoms with Crippen LogP contribution in [0.3, 0.4) is 0 Å². The minimum atomic E-state index is -0.259. The van der Waals surface area contributed by atoms with E-state index in [2.05, 4.69) is 20.8 Å². The second kappa shape index (κ2) is 8.48. The average Bonchev–Trinajstić information content (AvgIpc) is 2.99. The summed E-state index contributed by atoms with van der Waals surface area (Å²) in [5.74, 6) is -0.199. The van der Waals surface area contributed by atoms with Gasteiger partial charge in [-0.05, 0) is 17.7 Å². The molecule has 0 saturated heterocycles. The van der Waals surface area contributed by atoms with Gasteiger partial charge >= 0.3 is 0 Å². The minimum absolute atomic E-state index is 0. The zero-order valence-electron chi connectivity index (χ0n) is 13.3. The van der Waals surface area contributed by atoms with Crippen LogP contribution in [0.5, 0.6) is 0 Å². The molecule has 1 aliphatic rings. The highest BCUT2D eigenvalue weighted by Gasteiger charge is 2.22. The molecule has 2 aromatic rings. The minimum Gasteiger partial charge on any atom is -0.375 e. The summed E-state index contributed by atoms with van der Waals surface area (Å²) in [6.45, 7) is 1.91. The first-order valence-electron chi connectivity index (χ1n) is 7.52. The fraction of sp³-hybridized carbons (Fsp3) is 0.375. The van der Waals surface area contributed by atoms with Crippen LogP contribution in [0.15, 0.2) is 24.3 Å². The zero-order chi connectivity index (χ0) is 16.2. The van der Waals surface area contributed by atoms with Crippen molar-refractivity contribution in [2.75, 3.05) is 20.2 Å². The molecule has 2 heterocycles. The molecule has 0 bridgehead atoms. The van der Waals surface area contributed by atoms with Crippen molar-refractivity contribution in [3.8, 4) is 0 Å². The molecule has 3 N–H and O–H groups in total. The molecule has 8 heteroatoms. The number of hydrogen-bond acceptors (Lipinski definition) is 4. The Morgan fingerprint density at radius 3 is 3.08 bits per heavy atom. The third-order valence-electron chi connectivity index (χ3n) is 3.97. The van der Waals surface area contributed by atoms with Crippen LogP contribution >= 0.6 is 24.0 Å². The number of rotatable bonds is 5. The maximum atomic E-state index is 12.4. The molecule has 0 radical (unpaired) electrons. The van der Waals surface area contributed by atoms with E-state index in [1.165, 1.54) is 0 Å². The summed E-state index contributed by atoms with van der Waals surface area (Å²) in [6, 6.07) is 7.43. The summed E-state index contributed by atoms with van der Waals surface area (Å²) in [6.07, 6.45) is 0.601. The molecule has 6 nitrogen and oxygen atoms in total. The van der Waals surface area contributed by atoms with E-state index in [-0.39, 0.29) is 24.4 Å². The fourth-order valence-electron chi connectivity index (χ4n) is 2.73. The first-order chi connectivity index (χ1) is 11.2. The summed E-state index contributed by atoms with van der Waals surface area (Å²) in [4.78, 5) is 12.4. The number of amides is 1. The van der Waals surface area contributed by atoms with Crippen molar-refractivity contribution >= 4 is 29.9 Å². The van der Waals surface area contributed by atoms with E-state index >= 15 is 0 Å². The predicted molar refractivity (Wildman–Crippen MR) is 94.8 cm³/mol. The van der Waals surface area contributed by atoms with E-state index < -0.39 is 0 Å². The Morgan fingerprint density at radius 2 is 2.33 bits per heavy atom. The normalized spacial score (nSPS) is 14.4. The van der Waals surface area contributed by atoms with Gasteiger partial charge in [0.15, 0.2) is 5.69 Å². The first-order valence-corrected chi connectivity index (χ1v) is 7.90. The Balaban J connectivity index is 0.00000208. The highest BCUT2D eigenvalue weighted by molar-refractivity contribution is 6.30. The molecule has 24 heavy (non-hydrogen) atoms. The van der Waals surface area contributed by atoms with E-state index in [1.54, 1.807) is 13.2 Å². The Kier molecular flexibility index (Phi) is 6.62. The molecule has 1 aromatic carbocycles. The lowest BCUT2D eigenvalue weighted by molar-refractivity contribution is 0.0823. The summed E-state index contributed by atoms with van der Waals surface area (Å²) in [7, 11) is 1.61. The van der Waals surface area contributed by atoms with Gasteiger partial charge in [-0.3, -0.25) is 9.89 Å². The number of nitrogens with zero attached hydrogens (tertiary/aromatic N) is 1. The first kappa shape index (κ1) is 18.7. The third kappa shape index (κ3) is 4.08. The summed E-state index contributed by atoms with van der Waals surface area (Å²) in [5.41, 5.74) is 3.36. The average molecular weight is 371 g/mol. The van der Waals surface area contributed by atoms with E-state index in [9.17, 15) is 4.79 Å². The number of carbonyl (C=O) groups is 1. The van der Waals surface area contributed by atoms with Crippen LogP contribution in [0.4, 0.5) is 0 Å². The van der Waals surface area contributed by atoms with Crippen molar-refractivity contribution in [1.82, 2.24) is 20.8 Å². The number of halogens is 2. The number of fused-ring (bicyclic) bond motifs is 1. The van der Waals surface area contributed by atoms with Crippen LogP contribution in [0.25, 0.3) is 0 Å². The van der Waals surface area contributed by atoms with Gasteiger partial charge in [0.05, 0.1) is 6.10 Å². The van der Waals surface area contributed by atoms with Gasteiger partial charge in [0.25, 0.3) is 5.91 Å². The number of aromatic amines is 1. The molecular weight excluding hydrogens is 351 g/mol. The van der Waals surface area contributed by atoms with Crippen LogP contribution in [0.2, 0.25) is 5.02 Å². The van der Waals surface area contributed by atoms with Crippen molar-refractivity contribution in [2.45, 2.75) is 19.1 Å². The van der Waals surface area contributed by atoms with Crippen molar-refractivity contribution in [3.05, 3.63) is 51.8 Å². The van der Waals surface area contributed by atoms with Gasteiger partial charge in [-0.1, -0.05) is 23.7 Å². The highest BCUT2D eigenvalue weighted by atomic mass is 35.5. The number of benzene rings is 1. The Hall–Kier alpha value is -1.60. The lowest BCUT2D eigenvalue weighted by Crippen LogP contribution is -2.31. The number of hydrogen-bond donors (Lipinski definition) is 3. The van der Waals surface area contributed by atoms with Gasteiger partial charge in [0, 0.05) is 49.4 Å². The predicted octanol–water partition coefficient (Wildman–Crippen LogP) is 2.25. The van der Waals surface area contributed by atoms with Gasteiger partial charge in [0.1, 0.15) is 0 Å². The smallest absolute Gasteiger partial charge is 0.272 e. The maximum absolute atomic E-state index is 12.4. The van der Waals surface area contributed by atoms with Gasteiger partial charge < -0.3 is 15.4 Å². The van der Waals surface area contributed by atoms with Gasteiger partial charge in [-0.25, -0.2) is 0 Å². The summed E-state index contributed by atoms with van der Waals surface area (Å²) < 4.78 is 5.46. The van der Waals surface area contributed by atoms with E-state index in [0.29, 0.717) is 23.8 Å². The van der Waals surface area contributed by atoms with Crippen LogP contribution in [-0.2, 0) is 17.7 Å². The lowest BCUT2D eigenvalue weighted by atomic mass is 10.1. The number of carbonyl (C=O) groups excluding carboxylic acids is 1. The van der Waals surface area contributed by atoms with Crippen LogP contribution in [-0.4, -0.2) is 36.3 Å². The SMILES string of the molecule is COC(CNC(=O)c1n[nH]c2c1CNCC2)c1cccc(Cl)c1.Cl. The topological polar surface area (TPSA) is 79.0 Å². The number of nitrogens with one attached hydrogen (secondary N) is 3. The molecule has 130 valence electrons. The number of H-pyrrole nitrogens is 1. The van der Waals surface area contributed by atoms with Crippen LogP contribution in [0, 0.1) is 0 Å². The molecule has 1 atom stereocenters. The van der Waals surface area contributed by atoms with Gasteiger partial charge in [-0.2, -0.15) is 5.10 Å². The lowest BCUT2D eigenvalue weighted by Gasteiger charge is -2.17. The van der Waals surface area contributed by atoms with Crippen molar-refractivity contribution in [3.63, 3.8) is 0 Å². The molecule has 0 aliphatic carbocycles. The largest absolute Gasteiger partial charge is 0.375 e.